The number of rotatable bonds is 4. The topological polar surface area (TPSA) is 28.2 Å². The first kappa shape index (κ1) is 12.5. The summed E-state index contributed by atoms with van der Waals surface area (Å²) in [5.41, 5.74) is 2.44. The molecule has 1 N–H and O–H groups in total. The Morgan fingerprint density at radius 3 is 2.76 bits per heavy atom. The van der Waals surface area contributed by atoms with Crippen LogP contribution in [0.5, 0.6) is 0 Å². The van der Waals surface area contributed by atoms with E-state index in [1.807, 2.05) is 13.2 Å². The van der Waals surface area contributed by atoms with E-state index in [0.717, 1.165) is 19.0 Å². The van der Waals surface area contributed by atoms with Gasteiger partial charge in [-0.25, -0.2) is 0 Å². The Hall–Kier alpha value is -0.930. The lowest BCUT2D eigenvalue weighted by Gasteiger charge is -2.20. The van der Waals surface area contributed by atoms with E-state index in [1.54, 1.807) is 0 Å². The average Bonchev–Trinajstić information content (AvgIpc) is 2.61. The van der Waals surface area contributed by atoms with Crippen molar-refractivity contribution in [2.24, 2.45) is 5.92 Å². The van der Waals surface area contributed by atoms with Crippen molar-refractivity contribution in [2.45, 2.75) is 39.4 Å². The molecule has 2 atom stereocenters. The van der Waals surface area contributed by atoms with Crippen molar-refractivity contribution in [2.75, 3.05) is 13.6 Å². The van der Waals surface area contributed by atoms with E-state index in [2.05, 4.69) is 41.2 Å². The maximum Gasteiger partial charge on any atom is 0.0544 e. The van der Waals surface area contributed by atoms with Crippen LogP contribution in [-0.2, 0) is 13.1 Å². The van der Waals surface area contributed by atoms with E-state index < -0.39 is 0 Å². The summed E-state index contributed by atoms with van der Waals surface area (Å²) in [5, 5.41) is 3.14. The van der Waals surface area contributed by atoms with Gasteiger partial charge in [-0.1, -0.05) is 13.0 Å². The van der Waals surface area contributed by atoms with Gasteiger partial charge in [0.2, 0.25) is 0 Å². The average molecular weight is 233 g/mol. The van der Waals surface area contributed by atoms with Gasteiger partial charge < -0.3 is 5.32 Å². The third kappa shape index (κ3) is 3.27. The molecule has 1 saturated heterocycles. The van der Waals surface area contributed by atoms with Gasteiger partial charge in [0.25, 0.3) is 0 Å². The minimum absolute atomic E-state index is 0.698. The zero-order valence-electron chi connectivity index (χ0n) is 11.1. The molecule has 1 fully saturated rings. The molecule has 0 saturated carbocycles. The standard InChI is InChI=1S/C14H23N3/c1-11-6-12(2)17(9-11)10-14-5-4-13(7-15-3)8-16-14/h4-5,8,11-12,15H,6-7,9-10H2,1-3H3. The molecule has 1 aliphatic rings. The van der Waals surface area contributed by atoms with Crippen LogP contribution in [0.4, 0.5) is 0 Å². The number of nitrogens with zero attached hydrogens (tertiary/aromatic N) is 2. The van der Waals surface area contributed by atoms with Crippen molar-refractivity contribution in [1.82, 2.24) is 15.2 Å². The first-order chi connectivity index (χ1) is 8.19. The highest BCUT2D eigenvalue weighted by Gasteiger charge is 2.25. The molecule has 1 aromatic heterocycles. The number of hydrogen-bond donors (Lipinski definition) is 1. The summed E-state index contributed by atoms with van der Waals surface area (Å²) in [4.78, 5) is 7.07. The lowest BCUT2D eigenvalue weighted by Crippen LogP contribution is -2.27. The van der Waals surface area contributed by atoms with Gasteiger partial charge in [0.15, 0.2) is 0 Å². The predicted molar refractivity (Wildman–Crippen MR) is 70.7 cm³/mol. The smallest absolute Gasteiger partial charge is 0.0544 e. The number of likely N-dealkylation sites (tertiary alicyclic amines) is 1. The van der Waals surface area contributed by atoms with Gasteiger partial charge >= 0.3 is 0 Å². The quantitative estimate of drug-likeness (QED) is 0.862. The number of aromatic nitrogens is 1. The Bertz CT molecular complexity index is 347. The Morgan fingerprint density at radius 2 is 2.24 bits per heavy atom. The van der Waals surface area contributed by atoms with E-state index in [4.69, 9.17) is 0 Å². The van der Waals surface area contributed by atoms with Crippen molar-refractivity contribution in [1.29, 1.82) is 0 Å². The molecule has 0 spiro atoms. The monoisotopic (exact) mass is 233 g/mol. The minimum Gasteiger partial charge on any atom is -0.316 e. The molecule has 17 heavy (non-hydrogen) atoms. The van der Waals surface area contributed by atoms with Crippen LogP contribution in [0.25, 0.3) is 0 Å². The molecule has 1 aliphatic heterocycles. The number of nitrogens with one attached hydrogen (secondary N) is 1. The second kappa shape index (κ2) is 5.61. The summed E-state index contributed by atoms with van der Waals surface area (Å²) in [6, 6.07) is 5.02. The third-order valence-corrected chi connectivity index (χ3v) is 3.54. The molecule has 0 aromatic carbocycles. The fraction of sp³-hybridized carbons (Fsp3) is 0.643. The molecule has 2 rings (SSSR count). The zero-order chi connectivity index (χ0) is 12.3. The van der Waals surface area contributed by atoms with Crippen LogP contribution in [0.3, 0.4) is 0 Å². The molecular formula is C14H23N3. The van der Waals surface area contributed by atoms with Gasteiger partial charge in [-0.2, -0.15) is 0 Å². The van der Waals surface area contributed by atoms with Crippen LogP contribution in [0.15, 0.2) is 18.3 Å². The molecule has 0 amide bonds. The SMILES string of the molecule is CNCc1ccc(CN2CC(C)CC2C)nc1. The van der Waals surface area contributed by atoms with Crippen LogP contribution in [0.2, 0.25) is 0 Å². The van der Waals surface area contributed by atoms with Crippen molar-refractivity contribution < 1.29 is 0 Å². The second-order valence-electron chi connectivity index (χ2n) is 5.31. The predicted octanol–water partition coefficient (Wildman–Crippen LogP) is 2.03. The van der Waals surface area contributed by atoms with Gasteiger partial charge in [0.05, 0.1) is 5.69 Å². The summed E-state index contributed by atoms with van der Waals surface area (Å²) in [7, 11) is 1.96. The molecule has 1 aromatic rings. The van der Waals surface area contributed by atoms with Crippen LogP contribution >= 0.6 is 0 Å². The van der Waals surface area contributed by atoms with Crippen LogP contribution in [0, 0.1) is 5.92 Å². The second-order valence-corrected chi connectivity index (χ2v) is 5.31. The number of hydrogen-bond acceptors (Lipinski definition) is 3. The largest absolute Gasteiger partial charge is 0.316 e. The molecule has 2 unspecified atom stereocenters. The lowest BCUT2D eigenvalue weighted by molar-refractivity contribution is 0.253. The van der Waals surface area contributed by atoms with Gasteiger partial charge in [0.1, 0.15) is 0 Å². The Labute approximate surface area is 104 Å². The summed E-state index contributed by atoms with van der Waals surface area (Å²) in [5.74, 6) is 0.827. The van der Waals surface area contributed by atoms with Crippen LogP contribution in [-0.4, -0.2) is 29.5 Å². The summed E-state index contributed by atoms with van der Waals surface area (Å²) < 4.78 is 0. The minimum atomic E-state index is 0.698. The van der Waals surface area contributed by atoms with Crippen molar-refractivity contribution in [3.8, 4) is 0 Å². The van der Waals surface area contributed by atoms with E-state index in [9.17, 15) is 0 Å². The van der Waals surface area contributed by atoms with Crippen molar-refractivity contribution in [3.63, 3.8) is 0 Å². The Morgan fingerprint density at radius 1 is 1.41 bits per heavy atom. The van der Waals surface area contributed by atoms with Crippen LogP contribution < -0.4 is 5.32 Å². The molecule has 3 heteroatoms. The van der Waals surface area contributed by atoms with Crippen molar-refractivity contribution >= 4 is 0 Å². The fourth-order valence-corrected chi connectivity index (χ4v) is 2.67. The highest BCUT2D eigenvalue weighted by molar-refractivity contribution is 5.14. The molecule has 3 nitrogen and oxygen atoms in total. The van der Waals surface area contributed by atoms with Gasteiger partial charge in [-0.3, -0.25) is 9.88 Å². The Balaban J connectivity index is 1.94. The molecule has 2 heterocycles. The fourth-order valence-electron chi connectivity index (χ4n) is 2.67. The van der Waals surface area contributed by atoms with E-state index in [1.165, 1.54) is 24.2 Å². The highest BCUT2D eigenvalue weighted by atomic mass is 15.2. The normalized spacial score (nSPS) is 25.4. The van der Waals surface area contributed by atoms with Gasteiger partial charge in [-0.05, 0) is 37.9 Å². The van der Waals surface area contributed by atoms with E-state index in [0.29, 0.717) is 6.04 Å². The molecular weight excluding hydrogens is 210 g/mol. The first-order valence-electron chi connectivity index (χ1n) is 6.51. The van der Waals surface area contributed by atoms with Gasteiger partial charge in [-0.15, -0.1) is 0 Å². The third-order valence-electron chi connectivity index (χ3n) is 3.54. The Kier molecular flexibility index (Phi) is 4.13. The van der Waals surface area contributed by atoms with Crippen LogP contribution in [0.1, 0.15) is 31.5 Å². The molecule has 0 bridgehead atoms. The molecule has 0 radical (unpaired) electrons. The lowest BCUT2D eigenvalue weighted by atomic mass is 10.1. The maximum absolute atomic E-state index is 4.54. The summed E-state index contributed by atoms with van der Waals surface area (Å²) in [6.07, 6.45) is 3.30. The summed E-state index contributed by atoms with van der Waals surface area (Å²) >= 11 is 0. The highest BCUT2D eigenvalue weighted by Crippen LogP contribution is 2.23. The van der Waals surface area contributed by atoms with E-state index >= 15 is 0 Å². The van der Waals surface area contributed by atoms with Crippen molar-refractivity contribution in [3.05, 3.63) is 29.6 Å². The molecule has 0 aliphatic carbocycles. The maximum atomic E-state index is 4.54. The summed E-state index contributed by atoms with van der Waals surface area (Å²) in [6.45, 7) is 7.75. The molecule has 94 valence electrons. The van der Waals surface area contributed by atoms with E-state index in [-0.39, 0.29) is 0 Å². The number of pyridine rings is 1. The first-order valence-corrected chi connectivity index (χ1v) is 6.51. The van der Waals surface area contributed by atoms with Gasteiger partial charge in [0, 0.05) is 31.9 Å². The zero-order valence-corrected chi connectivity index (χ0v) is 11.1.